The topological polar surface area (TPSA) is 41.8 Å². The van der Waals surface area contributed by atoms with Crippen LogP contribution in [0.25, 0.3) is 0 Å². The van der Waals surface area contributed by atoms with E-state index in [-0.39, 0.29) is 5.75 Å². The van der Waals surface area contributed by atoms with Gasteiger partial charge in [-0.05, 0) is 25.3 Å². The lowest BCUT2D eigenvalue weighted by Crippen LogP contribution is -3.13. The summed E-state index contributed by atoms with van der Waals surface area (Å²) in [6.45, 7) is 5.77. The lowest BCUT2D eigenvalue weighted by molar-refractivity contribution is -0.917. The fraction of sp³-hybridized carbons (Fsp3) is 0.571. The molecule has 0 atom stereocenters. The molecule has 1 N–H and O–H groups in total. The predicted molar refractivity (Wildman–Crippen MR) is 83.7 cm³/mol. The van der Waals surface area contributed by atoms with E-state index in [1.54, 1.807) is 23.0 Å². The molecule has 0 unspecified atom stereocenters. The third-order valence-electron chi connectivity index (χ3n) is 3.80. The maximum absolute atomic E-state index is 11.8. The van der Waals surface area contributed by atoms with E-state index in [0.717, 1.165) is 19.6 Å². The highest BCUT2D eigenvalue weighted by Crippen LogP contribution is 2.14. The van der Waals surface area contributed by atoms with Gasteiger partial charge in [0.15, 0.2) is 0 Å². The zero-order valence-electron chi connectivity index (χ0n) is 12.1. The first-order valence-electron chi connectivity index (χ1n) is 6.99. The molecule has 20 heavy (non-hydrogen) atoms. The Morgan fingerprint density at radius 2 is 1.80 bits per heavy atom. The summed E-state index contributed by atoms with van der Waals surface area (Å²) in [5.74, 6) is 0.207. The third-order valence-corrected chi connectivity index (χ3v) is 6.43. The van der Waals surface area contributed by atoms with E-state index < -0.39 is 10.0 Å². The molecule has 0 bridgehead atoms. The summed E-state index contributed by atoms with van der Waals surface area (Å²) in [4.78, 5) is 2.74. The Bertz CT molecular complexity index is 521. The number of benzene rings is 1. The van der Waals surface area contributed by atoms with Gasteiger partial charge in [-0.15, -0.1) is 11.8 Å². The molecule has 1 aliphatic rings. The first kappa shape index (κ1) is 15.8. The van der Waals surface area contributed by atoms with Crippen molar-refractivity contribution in [1.29, 1.82) is 0 Å². The van der Waals surface area contributed by atoms with Gasteiger partial charge < -0.3 is 4.90 Å². The van der Waals surface area contributed by atoms with Crippen molar-refractivity contribution in [1.82, 2.24) is 4.31 Å². The minimum atomic E-state index is -3.01. The van der Waals surface area contributed by atoms with Crippen molar-refractivity contribution in [3.8, 4) is 0 Å². The summed E-state index contributed by atoms with van der Waals surface area (Å²) >= 11 is 1.75. The first-order valence-corrected chi connectivity index (χ1v) is 9.83. The number of hydrogen-bond acceptors (Lipinski definition) is 3. The van der Waals surface area contributed by atoms with Gasteiger partial charge in [0.25, 0.3) is 0 Å². The molecule has 1 aliphatic heterocycles. The SMILES string of the molecule is CCS(=O)(=O)N1CC[NH+](Cc2ccc(SC)cc2)CC1. The number of thioether (sulfide) groups is 1. The lowest BCUT2D eigenvalue weighted by Gasteiger charge is -2.31. The van der Waals surface area contributed by atoms with Gasteiger partial charge in [0.1, 0.15) is 6.54 Å². The van der Waals surface area contributed by atoms with Crippen LogP contribution in [0.2, 0.25) is 0 Å². The van der Waals surface area contributed by atoms with Crippen LogP contribution in [0.3, 0.4) is 0 Å². The molecule has 0 saturated carbocycles. The summed E-state index contributed by atoms with van der Waals surface area (Å²) < 4.78 is 25.2. The summed E-state index contributed by atoms with van der Waals surface area (Å²) in [7, 11) is -3.01. The Morgan fingerprint density at radius 3 is 2.30 bits per heavy atom. The van der Waals surface area contributed by atoms with Crippen molar-refractivity contribution in [2.75, 3.05) is 38.2 Å². The molecule has 0 radical (unpaired) electrons. The van der Waals surface area contributed by atoms with Crippen LogP contribution in [-0.4, -0.2) is 50.9 Å². The van der Waals surface area contributed by atoms with E-state index in [9.17, 15) is 8.42 Å². The van der Waals surface area contributed by atoms with Gasteiger partial charge >= 0.3 is 0 Å². The van der Waals surface area contributed by atoms with Crippen molar-refractivity contribution in [3.05, 3.63) is 29.8 Å². The van der Waals surface area contributed by atoms with Crippen LogP contribution in [0.1, 0.15) is 12.5 Å². The van der Waals surface area contributed by atoms with E-state index in [1.807, 2.05) is 0 Å². The minimum Gasteiger partial charge on any atom is -0.329 e. The number of sulfonamides is 1. The zero-order chi connectivity index (χ0) is 14.6. The maximum atomic E-state index is 11.8. The quantitative estimate of drug-likeness (QED) is 0.803. The fourth-order valence-electron chi connectivity index (χ4n) is 2.47. The molecule has 0 amide bonds. The van der Waals surface area contributed by atoms with Crippen LogP contribution < -0.4 is 4.90 Å². The Labute approximate surface area is 126 Å². The number of quaternary nitrogens is 1. The van der Waals surface area contributed by atoms with E-state index in [0.29, 0.717) is 13.1 Å². The molecule has 112 valence electrons. The van der Waals surface area contributed by atoms with Crippen LogP contribution in [0.4, 0.5) is 0 Å². The molecule has 6 heteroatoms. The number of nitrogens with one attached hydrogen (secondary N) is 1. The summed E-state index contributed by atoms with van der Waals surface area (Å²) in [5, 5.41) is 0. The van der Waals surface area contributed by atoms with Gasteiger partial charge in [-0.1, -0.05) is 12.1 Å². The largest absolute Gasteiger partial charge is 0.329 e. The zero-order valence-corrected chi connectivity index (χ0v) is 13.8. The second-order valence-corrected chi connectivity index (χ2v) is 8.21. The summed E-state index contributed by atoms with van der Waals surface area (Å²) in [5.41, 5.74) is 1.32. The van der Waals surface area contributed by atoms with Crippen LogP contribution in [0.5, 0.6) is 0 Å². The molecule has 0 aromatic heterocycles. The highest BCUT2D eigenvalue weighted by atomic mass is 32.2. The number of piperazine rings is 1. The number of rotatable bonds is 5. The standard InChI is InChI=1S/C14H22N2O2S2/c1-3-20(17,18)16-10-8-15(9-11-16)12-13-4-6-14(19-2)7-5-13/h4-7H,3,8-12H2,1-2H3/p+1. The van der Waals surface area contributed by atoms with E-state index in [1.165, 1.54) is 15.4 Å². The Hall–Kier alpha value is -0.560. The molecule has 1 aromatic carbocycles. The van der Waals surface area contributed by atoms with Gasteiger partial charge in [0.2, 0.25) is 10.0 Å². The smallest absolute Gasteiger partial charge is 0.214 e. The van der Waals surface area contributed by atoms with Gasteiger partial charge in [-0.3, -0.25) is 0 Å². The summed E-state index contributed by atoms with van der Waals surface area (Å²) in [6.07, 6.45) is 2.08. The second kappa shape index (κ2) is 6.93. The molecule has 4 nitrogen and oxygen atoms in total. The van der Waals surface area contributed by atoms with E-state index >= 15 is 0 Å². The molecule has 0 spiro atoms. The third kappa shape index (κ3) is 3.97. The van der Waals surface area contributed by atoms with Crippen molar-refractivity contribution in [2.24, 2.45) is 0 Å². The minimum absolute atomic E-state index is 0.207. The van der Waals surface area contributed by atoms with Crippen molar-refractivity contribution in [3.63, 3.8) is 0 Å². The molecule has 1 aromatic rings. The molecular formula is C14H23N2O2S2+. The van der Waals surface area contributed by atoms with Crippen LogP contribution in [0, 0.1) is 0 Å². The molecule has 1 heterocycles. The van der Waals surface area contributed by atoms with Crippen molar-refractivity contribution < 1.29 is 13.3 Å². The first-order chi connectivity index (χ1) is 9.55. The molecule has 1 saturated heterocycles. The van der Waals surface area contributed by atoms with E-state index in [4.69, 9.17) is 0 Å². The van der Waals surface area contributed by atoms with Gasteiger partial charge in [-0.25, -0.2) is 8.42 Å². The molecule has 0 aliphatic carbocycles. The fourth-order valence-corrected chi connectivity index (χ4v) is 3.98. The highest BCUT2D eigenvalue weighted by molar-refractivity contribution is 7.98. The average Bonchev–Trinajstić information content (AvgIpc) is 2.48. The van der Waals surface area contributed by atoms with Crippen LogP contribution >= 0.6 is 11.8 Å². The van der Waals surface area contributed by atoms with E-state index in [2.05, 4.69) is 30.5 Å². The Morgan fingerprint density at radius 1 is 1.20 bits per heavy atom. The Kier molecular flexibility index (Phi) is 5.49. The lowest BCUT2D eigenvalue weighted by atomic mass is 10.2. The monoisotopic (exact) mass is 315 g/mol. The van der Waals surface area contributed by atoms with Crippen LogP contribution in [0.15, 0.2) is 29.2 Å². The second-order valence-electron chi connectivity index (χ2n) is 5.07. The van der Waals surface area contributed by atoms with Gasteiger partial charge in [0, 0.05) is 10.5 Å². The Balaban J connectivity index is 1.88. The van der Waals surface area contributed by atoms with Crippen molar-refractivity contribution in [2.45, 2.75) is 18.4 Å². The molecular weight excluding hydrogens is 292 g/mol. The maximum Gasteiger partial charge on any atom is 0.214 e. The molecule has 1 fully saturated rings. The molecule has 2 rings (SSSR count). The van der Waals surface area contributed by atoms with Gasteiger partial charge in [0.05, 0.1) is 31.9 Å². The predicted octanol–water partition coefficient (Wildman–Crippen LogP) is 0.459. The van der Waals surface area contributed by atoms with Crippen molar-refractivity contribution >= 4 is 21.8 Å². The number of hydrogen-bond donors (Lipinski definition) is 1. The number of nitrogens with zero attached hydrogens (tertiary/aromatic N) is 1. The highest BCUT2D eigenvalue weighted by Gasteiger charge is 2.27. The average molecular weight is 315 g/mol. The van der Waals surface area contributed by atoms with Gasteiger partial charge in [-0.2, -0.15) is 4.31 Å². The summed E-state index contributed by atoms with van der Waals surface area (Å²) in [6, 6.07) is 8.65. The normalized spacial score (nSPS) is 18.3. The van der Waals surface area contributed by atoms with Crippen LogP contribution in [-0.2, 0) is 16.6 Å².